The Hall–Kier alpha value is -3.35. The van der Waals surface area contributed by atoms with Gasteiger partial charge in [0, 0.05) is 21.4 Å². The number of anilines is 1. The molecular weight excluding hydrogens is 448 g/mol. The summed E-state index contributed by atoms with van der Waals surface area (Å²) in [5.41, 5.74) is 2.61. The van der Waals surface area contributed by atoms with Crippen LogP contribution in [0.25, 0.3) is 21.8 Å². The minimum absolute atomic E-state index is 0.0787. The van der Waals surface area contributed by atoms with Gasteiger partial charge in [-0.2, -0.15) is 0 Å². The van der Waals surface area contributed by atoms with Crippen molar-refractivity contribution in [2.24, 2.45) is 0 Å². The van der Waals surface area contributed by atoms with Gasteiger partial charge in [-0.1, -0.05) is 49.4 Å². The van der Waals surface area contributed by atoms with Crippen LogP contribution in [-0.4, -0.2) is 21.6 Å². The lowest BCUT2D eigenvalue weighted by molar-refractivity contribution is 0.0918. The van der Waals surface area contributed by atoms with Gasteiger partial charge in [-0.05, 0) is 54.3 Å². The molecule has 1 amide bonds. The summed E-state index contributed by atoms with van der Waals surface area (Å²) < 4.78 is 1.86. The fourth-order valence-electron chi connectivity index (χ4n) is 3.99. The highest BCUT2D eigenvalue weighted by Gasteiger charge is 2.23. The zero-order valence-corrected chi connectivity index (χ0v) is 19.7. The molecule has 0 aliphatic heterocycles. The number of amides is 1. The van der Waals surface area contributed by atoms with Crippen molar-refractivity contribution in [3.05, 3.63) is 95.2 Å². The number of nitrogens with one attached hydrogen (secondary N) is 1. The van der Waals surface area contributed by atoms with Crippen LogP contribution in [0.15, 0.2) is 95.2 Å². The Balaban J connectivity index is 1.38. The Morgan fingerprint density at radius 1 is 0.879 bits per heavy atom. The summed E-state index contributed by atoms with van der Waals surface area (Å²) in [6, 6.07) is 27.5. The van der Waals surface area contributed by atoms with Crippen LogP contribution < -0.4 is 5.32 Å². The van der Waals surface area contributed by atoms with Gasteiger partial charge < -0.3 is 5.32 Å². The Labute approximate surface area is 200 Å². The molecule has 0 bridgehead atoms. The molecule has 0 radical (unpaired) electrons. The molecule has 5 aromatic rings. The molecule has 4 nitrogen and oxygen atoms in total. The molecule has 33 heavy (non-hydrogen) atoms. The third kappa shape index (κ3) is 4.19. The number of fused-ring (bicyclic) bond motifs is 3. The second-order valence-corrected chi connectivity index (χ2v) is 9.90. The monoisotopic (exact) mass is 470 g/mol. The highest BCUT2D eigenvalue weighted by atomic mass is 32.2. The van der Waals surface area contributed by atoms with Crippen LogP contribution in [-0.2, 0) is 0 Å². The first-order valence-corrected chi connectivity index (χ1v) is 12.6. The van der Waals surface area contributed by atoms with Gasteiger partial charge in [0.25, 0.3) is 5.91 Å². The van der Waals surface area contributed by atoms with Gasteiger partial charge in [0.1, 0.15) is 0 Å². The number of hydrogen-bond acceptors (Lipinski definition) is 4. The molecule has 0 aliphatic carbocycles. The van der Waals surface area contributed by atoms with Gasteiger partial charge in [0.15, 0.2) is 0 Å². The van der Waals surface area contributed by atoms with Crippen LogP contribution in [0.2, 0.25) is 0 Å². The zero-order chi connectivity index (χ0) is 22.8. The Morgan fingerprint density at radius 2 is 1.52 bits per heavy atom. The quantitative estimate of drug-likeness (QED) is 0.265. The van der Waals surface area contributed by atoms with Crippen molar-refractivity contribution in [1.82, 2.24) is 4.57 Å². The van der Waals surface area contributed by atoms with E-state index in [1.165, 1.54) is 11.3 Å². The van der Waals surface area contributed by atoms with E-state index in [1.807, 2.05) is 83.6 Å². The number of thioether (sulfide) groups is 1. The van der Waals surface area contributed by atoms with E-state index < -0.39 is 0 Å². The number of rotatable bonds is 6. The van der Waals surface area contributed by atoms with Crippen LogP contribution in [0.4, 0.5) is 5.69 Å². The Kier molecular flexibility index (Phi) is 6.03. The van der Waals surface area contributed by atoms with Crippen LogP contribution in [0.3, 0.4) is 0 Å². The van der Waals surface area contributed by atoms with E-state index >= 15 is 0 Å². The van der Waals surface area contributed by atoms with Crippen molar-refractivity contribution in [1.29, 1.82) is 0 Å². The van der Waals surface area contributed by atoms with E-state index in [1.54, 1.807) is 17.8 Å². The maximum atomic E-state index is 13.7. The second kappa shape index (κ2) is 9.25. The molecule has 164 valence electrons. The van der Waals surface area contributed by atoms with Crippen molar-refractivity contribution in [2.45, 2.75) is 23.5 Å². The van der Waals surface area contributed by atoms with Crippen molar-refractivity contribution in [2.75, 3.05) is 5.32 Å². The smallest absolute Gasteiger partial charge is 0.265 e. The third-order valence-corrected chi connectivity index (χ3v) is 7.81. The molecule has 0 saturated carbocycles. The van der Waals surface area contributed by atoms with E-state index in [0.717, 1.165) is 32.4 Å². The average Bonchev–Trinajstić information content (AvgIpc) is 3.50. The van der Waals surface area contributed by atoms with Crippen molar-refractivity contribution < 1.29 is 9.59 Å². The summed E-state index contributed by atoms with van der Waals surface area (Å²) in [5, 5.41) is 6.75. The van der Waals surface area contributed by atoms with Crippen LogP contribution >= 0.6 is 23.1 Å². The maximum Gasteiger partial charge on any atom is 0.265 e. The summed E-state index contributed by atoms with van der Waals surface area (Å²) >= 11 is 2.97. The summed E-state index contributed by atoms with van der Waals surface area (Å²) in [7, 11) is 0. The molecule has 2 aromatic heterocycles. The van der Waals surface area contributed by atoms with E-state index in [4.69, 9.17) is 0 Å². The lowest BCUT2D eigenvalue weighted by Crippen LogP contribution is -2.23. The number of aromatic nitrogens is 1. The van der Waals surface area contributed by atoms with E-state index in [0.29, 0.717) is 11.3 Å². The molecule has 3 aromatic carbocycles. The average molecular weight is 471 g/mol. The van der Waals surface area contributed by atoms with Crippen LogP contribution in [0.5, 0.6) is 0 Å². The molecule has 0 aliphatic rings. The summed E-state index contributed by atoms with van der Waals surface area (Å²) in [6.45, 7) is 2.04. The molecule has 0 saturated heterocycles. The Morgan fingerprint density at radius 3 is 2.09 bits per heavy atom. The number of nitrogens with zero attached hydrogens (tertiary/aromatic N) is 1. The van der Waals surface area contributed by atoms with Gasteiger partial charge in [0.2, 0.25) is 5.91 Å². The molecule has 1 atom stereocenters. The SMILES string of the molecule is CCC(Sc1ccc(NC(=O)c2cccs2)cc1)C(=O)n1c2ccccc2c2ccccc21. The Bertz CT molecular complexity index is 1380. The lowest BCUT2D eigenvalue weighted by Gasteiger charge is -2.16. The maximum absolute atomic E-state index is 13.7. The van der Waals surface area contributed by atoms with Gasteiger partial charge in [0.05, 0.1) is 21.2 Å². The molecular formula is C27H22N2O2S2. The lowest BCUT2D eigenvalue weighted by atomic mass is 10.2. The molecule has 0 spiro atoms. The summed E-state index contributed by atoms with van der Waals surface area (Å²) in [4.78, 5) is 27.6. The fraction of sp³-hybridized carbons (Fsp3) is 0.111. The summed E-state index contributed by atoms with van der Waals surface area (Å²) in [5.74, 6) is -0.0339. The van der Waals surface area contributed by atoms with Gasteiger partial charge in [-0.3, -0.25) is 14.2 Å². The van der Waals surface area contributed by atoms with Crippen LogP contribution in [0, 0.1) is 0 Å². The molecule has 6 heteroatoms. The fourth-order valence-corrected chi connectivity index (χ4v) is 5.61. The third-order valence-electron chi connectivity index (χ3n) is 5.58. The van der Waals surface area contributed by atoms with Gasteiger partial charge in [-0.15, -0.1) is 23.1 Å². The number of hydrogen-bond donors (Lipinski definition) is 1. The first kappa shape index (κ1) is 21.5. The van der Waals surface area contributed by atoms with Gasteiger partial charge >= 0.3 is 0 Å². The van der Waals surface area contributed by atoms with E-state index in [2.05, 4.69) is 17.4 Å². The first-order chi connectivity index (χ1) is 16.2. The predicted molar refractivity (Wildman–Crippen MR) is 139 cm³/mol. The molecule has 1 N–H and O–H groups in total. The molecule has 2 heterocycles. The minimum Gasteiger partial charge on any atom is -0.321 e. The predicted octanol–water partition coefficient (Wildman–Crippen LogP) is 7.32. The van der Waals surface area contributed by atoms with E-state index in [-0.39, 0.29) is 17.1 Å². The molecule has 5 rings (SSSR count). The highest BCUT2D eigenvalue weighted by Crippen LogP contribution is 2.33. The van der Waals surface area contributed by atoms with E-state index in [9.17, 15) is 9.59 Å². The normalized spacial score (nSPS) is 12.2. The summed E-state index contributed by atoms with van der Waals surface area (Å²) in [6.07, 6.45) is 0.710. The largest absolute Gasteiger partial charge is 0.321 e. The number of para-hydroxylation sites is 2. The number of carbonyl (C=O) groups excluding carboxylic acids is 2. The number of benzene rings is 3. The van der Waals surface area contributed by atoms with Crippen molar-refractivity contribution in [3.63, 3.8) is 0 Å². The number of carbonyl (C=O) groups is 2. The zero-order valence-electron chi connectivity index (χ0n) is 18.0. The topological polar surface area (TPSA) is 51.1 Å². The van der Waals surface area contributed by atoms with Crippen molar-refractivity contribution in [3.8, 4) is 0 Å². The standard InChI is InChI=1S/C27H22N2O2S2/c1-2-24(33-19-15-13-18(14-16-19)28-26(30)25-12-7-17-32-25)27(31)29-22-10-5-3-8-20(22)21-9-4-6-11-23(21)29/h3-17,24H,2H2,1H3,(H,28,30). The van der Waals surface area contributed by atoms with Gasteiger partial charge in [-0.25, -0.2) is 0 Å². The molecule has 1 unspecified atom stereocenters. The first-order valence-electron chi connectivity index (χ1n) is 10.8. The molecule has 0 fully saturated rings. The van der Waals surface area contributed by atoms with Crippen LogP contribution in [0.1, 0.15) is 27.8 Å². The highest BCUT2D eigenvalue weighted by molar-refractivity contribution is 8.00. The second-order valence-electron chi connectivity index (χ2n) is 7.68. The van der Waals surface area contributed by atoms with Crippen molar-refractivity contribution >= 4 is 62.4 Å². The minimum atomic E-state index is -0.226. The number of thiophene rings is 1.